The monoisotopic (exact) mass is 284 g/mol. The van der Waals surface area contributed by atoms with Crippen LogP contribution in [0.4, 0.5) is 0 Å². The van der Waals surface area contributed by atoms with Crippen LogP contribution in [0, 0.1) is 0 Å². The molecule has 5 heteroatoms. The number of fused-ring (bicyclic) bond motifs is 1. The maximum Gasteiger partial charge on any atom is 0.504 e. The van der Waals surface area contributed by atoms with Gasteiger partial charge in [0.15, 0.2) is 5.06 Å². The van der Waals surface area contributed by atoms with E-state index >= 15 is 0 Å². The fraction of sp³-hybridized carbons (Fsp3) is 0.0667. The summed E-state index contributed by atoms with van der Waals surface area (Å²) >= 11 is 1.47. The van der Waals surface area contributed by atoms with Gasteiger partial charge in [-0.2, -0.15) is 0 Å². The standard InChI is InChI=1S/C15H13BO3S/c1-9-11-5-3-4-6-12(11)18-15(9)10(2)13-7-8-14(20-13)19-16-17/h3-8,16-17H,1H2,2H3/b15-10-. The molecule has 3 aromatic rings. The molecule has 0 unspecified atom stereocenters. The van der Waals surface area contributed by atoms with Gasteiger partial charge in [0.2, 0.25) is 0 Å². The average molecular weight is 284 g/mol. The Hall–Kier alpha value is -1.98. The van der Waals surface area contributed by atoms with Crippen LogP contribution in [0.3, 0.4) is 0 Å². The lowest BCUT2D eigenvalue weighted by atomic mass is 10.2. The second-order valence-corrected chi connectivity index (χ2v) is 5.47. The molecule has 2 heterocycles. The molecule has 0 aliphatic rings. The Kier molecular flexibility index (Phi) is 3.38. The highest BCUT2D eigenvalue weighted by Gasteiger charge is 2.08. The van der Waals surface area contributed by atoms with Crippen LogP contribution >= 0.6 is 11.3 Å². The quantitative estimate of drug-likeness (QED) is 0.745. The van der Waals surface area contributed by atoms with E-state index in [4.69, 9.17) is 14.1 Å². The summed E-state index contributed by atoms with van der Waals surface area (Å²) in [4.78, 5) is 1.04. The minimum Gasteiger partial charge on any atom is -0.531 e. The highest BCUT2D eigenvalue weighted by molar-refractivity contribution is 7.15. The summed E-state index contributed by atoms with van der Waals surface area (Å²) in [5.41, 5.74) is 2.66. The highest BCUT2D eigenvalue weighted by Crippen LogP contribution is 2.28. The number of furan rings is 1. The zero-order valence-corrected chi connectivity index (χ0v) is 11.9. The maximum atomic E-state index is 8.77. The van der Waals surface area contributed by atoms with Crippen LogP contribution < -0.4 is 15.3 Å². The Bertz CT molecular complexity index is 863. The zero-order valence-electron chi connectivity index (χ0n) is 11.1. The highest BCUT2D eigenvalue weighted by atomic mass is 32.1. The largest absolute Gasteiger partial charge is 0.531 e. The molecule has 1 N–H and O–H groups in total. The van der Waals surface area contributed by atoms with Gasteiger partial charge in [-0.05, 0) is 25.1 Å². The molecule has 0 aliphatic carbocycles. The first-order valence-corrected chi connectivity index (χ1v) is 7.03. The Morgan fingerprint density at radius 3 is 2.85 bits per heavy atom. The summed E-state index contributed by atoms with van der Waals surface area (Å²) in [6.45, 7) is 6.12. The lowest BCUT2D eigenvalue weighted by molar-refractivity contribution is 0.461. The van der Waals surface area contributed by atoms with Crippen molar-refractivity contribution in [2.45, 2.75) is 6.92 Å². The molecule has 0 aliphatic heterocycles. The van der Waals surface area contributed by atoms with Crippen LogP contribution in [-0.2, 0) is 0 Å². The van der Waals surface area contributed by atoms with E-state index in [9.17, 15) is 0 Å². The van der Waals surface area contributed by atoms with Crippen LogP contribution in [0.25, 0.3) is 23.1 Å². The van der Waals surface area contributed by atoms with Crippen molar-refractivity contribution in [2.24, 2.45) is 0 Å². The Balaban J connectivity index is 2.19. The first-order chi connectivity index (χ1) is 9.70. The first-order valence-electron chi connectivity index (χ1n) is 6.22. The number of hydrogen-bond acceptors (Lipinski definition) is 4. The normalized spacial score (nSPS) is 12.5. The van der Waals surface area contributed by atoms with Gasteiger partial charge in [0.1, 0.15) is 11.0 Å². The minimum atomic E-state index is -0.315. The van der Waals surface area contributed by atoms with E-state index in [0.29, 0.717) is 5.06 Å². The molecule has 0 spiro atoms. The van der Waals surface area contributed by atoms with Gasteiger partial charge in [-0.25, -0.2) is 0 Å². The average Bonchev–Trinajstić information content (AvgIpc) is 3.05. The van der Waals surface area contributed by atoms with Crippen molar-refractivity contribution in [3.05, 3.63) is 51.9 Å². The van der Waals surface area contributed by atoms with Crippen LogP contribution in [0.2, 0.25) is 0 Å². The van der Waals surface area contributed by atoms with Gasteiger partial charge < -0.3 is 14.1 Å². The number of para-hydroxylation sites is 1. The van der Waals surface area contributed by atoms with E-state index in [-0.39, 0.29) is 7.69 Å². The van der Waals surface area contributed by atoms with Crippen LogP contribution in [-0.4, -0.2) is 12.7 Å². The van der Waals surface area contributed by atoms with Gasteiger partial charge in [0.25, 0.3) is 0 Å². The third-order valence-electron chi connectivity index (χ3n) is 3.20. The van der Waals surface area contributed by atoms with E-state index in [1.807, 2.05) is 43.3 Å². The molecule has 1 aromatic carbocycles. The molecule has 0 radical (unpaired) electrons. The zero-order chi connectivity index (χ0) is 14.1. The predicted octanol–water partition coefficient (Wildman–Crippen LogP) is 1.76. The van der Waals surface area contributed by atoms with Crippen molar-refractivity contribution in [3.63, 3.8) is 0 Å². The summed E-state index contributed by atoms with van der Waals surface area (Å²) < 4.78 is 11.0. The van der Waals surface area contributed by atoms with E-state index in [1.165, 1.54) is 11.3 Å². The molecule has 0 bridgehead atoms. The third kappa shape index (κ3) is 2.15. The van der Waals surface area contributed by atoms with Gasteiger partial charge >= 0.3 is 7.69 Å². The number of benzene rings is 1. The summed E-state index contributed by atoms with van der Waals surface area (Å²) in [6, 6.07) is 11.7. The van der Waals surface area contributed by atoms with Gasteiger partial charge in [-0.1, -0.05) is 24.8 Å². The molecule has 0 amide bonds. The Morgan fingerprint density at radius 2 is 2.10 bits per heavy atom. The summed E-state index contributed by atoms with van der Waals surface area (Å²) in [5, 5.41) is 11.4. The van der Waals surface area contributed by atoms with Crippen LogP contribution in [0.15, 0.2) is 40.8 Å². The molecule has 20 heavy (non-hydrogen) atoms. The number of rotatable bonds is 3. The second-order valence-electron chi connectivity index (χ2n) is 4.42. The maximum absolute atomic E-state index is 8.77. The summed E-state index contributed by atoms with van der Waals surface area (Å²) in [5.74, 6) is 0. The molecular formula is C15H13BO3S. The van der Waals surface area contributed by atoms with E-state index in [1.54, 1.807) is 0 Å². The molecule has 0 saturated carbocycles. The summed E-state index contributed by atoms with van der Waals surface area (Å²) in [6.07, 6.45) is 0. The fourth-order valence-electron chi connectivity index (χ4n) is 2.18. The lowest BCUT2D eigenvalue weighted by Crippen LogP contribution is -2.20. The molecular weight excluding hydrogens is 271 g/mol. The van der Waals surface area contributed by atoms with Crippen molar-refractivity contribution in [3.8, 4) is 5.06 Å². The number of hydrogen-bond donors (Lipinski definition) is 1. The SMILES string of the molecule is C=c1/c(=C(\C)c2ccc(OBO)s2)oc2ccccc12. The summed E-state index contributed by atoms with van der Waals surface area (Å²) in [7, 11) is -0.315. The lowest BCUT2D eigenvalue weighted by Gasteiger charge is -1.95. The molecule has 0 fully saturated rings. The molecule has 100 valence electrons. The van der Waals surface area contributed by atoms with Crippen molar-refractivity contribution in [1.82, 2.24) is 0 Å². The topological polar surface area (TPSA) is 42.6 Å². The van der Waals surface area contributed by atoms with E-state index in [0.717, 1.165) is 32.1 Å². The van der Waals surface area contributed by atoms with Crippen molar-refractivity contribution >= 4 is 42.1 Å². The third-order valence-corrected chi connectivity index (χ3v) is 4.31. The minimum absolute atomic E-state index is 0.315. The van der Waals surface area contributed by atoms with Gasteiger partial charge in [0, 0.05) is 21.1 Å². The van der Waals surface area contributed by atoms with E-state index in [2.05, 4.69) is 6.58 Å². The van der Waals surface area contributed by atoms with Gasteiger partial charge in [-0.15, -0.1) is 11.3 Å². The van der Waals surface area contributed by atoms with Crippen molar-refractivity contribution in [2.75, 3.05) is 0 Å². The molecule has 3 nitrogen and oxygen atoms in total. The van der Waals surface area contributed by atoms with E-state index < -0.39 is 0 Å². The Labute approximate surface area is 120 Å². The van der Waals surface area contributed by atoms with Gasteiger partial charge in [0.05, 0.1) is 0 Å². The second kappa shape index (κ2) is 5.19. The Morgan fingerprint density at radius 1 is 1.30 bits per heavy atom. The number of thiophene rings is 1. The molecule has 3 rings (SSSR count). The van der Waals surface area contributed by atoms with Crippen LogP contribution in [0.1, 0.15) is 11.8 Å². The molecule has 0 atom stereocenters. The first kappa shape index (κ1) is 13.0. The smallest absolute Gasteiger partial charge is 0.504 e. The molecule has 2 aromatic heterocycles. The van der Waals surface area contributed by atoms with Gasteiger partial charge in [-0.3, -0.25) is 0 Å². The van der Waals surface area contributed by atoms with Crippen molar-refractivity contribution < 1.29 is 14.1 Å². The molecule has 0 saturated heterocycles. The predicted molar refractivity (Wildman–Crippen MR) is 83.5 cm³/mol. The van der Waals surface area contributed by atoms with Crippen molar-refractivity contribution in [1.29, 1.82) is 0 Å². The van der Waals surface area contributed by atoms with Crippen LogP contribution in [0.5, 0.6) is 5.06 Å². The fourth-order valence-corrected chi connectivity index (χ4v) is 3.02.